The molecule has 4 aliphatic heterocycles. The largest absolute Gasteiger partial charge is 0.371 e. The first-order valence-electron chi connectivity index (χ1n) is 12.2. The molecular weight excluding hydrogens is 467 g/mol. The van der Waals surface area contributed by atoms with Gasteiger partial charge in [0.1, 0.15) is 0 Å². The summed E-state index contributed by atoms with van der Waals surface area (Å²) >= 11 is 0. The monoisotopic (exact) mass is 500 g/mol. The molecule has 4 atom stereocenters. The number of carbonyl (C=O) groups is 1. The van der Waals surface area contributed by atoms with Gasteiger partial charge in [0.25, 0.3) is 0 Å². The number of fused-ring (bicyclic) bond motifs is 5. The number of likely N-dealkylation sites (tertiary alicyclic amines) is 2. The molecule has 0 saturated carbocycles. The van der Waals surface area contributed by atoms with Gasteiger partial charge in [0.15, 0.2) is 5.78 Å². The van der Waals surface area contributed by atoms with Crippen LogP contribution in [0.15, 0.2) is 36.4 Å². The van der Waals surface area contributed by atoms with Crippen molar-refractivity contribution in [3.63, 3.8) is 0 Å². The van der Waals surface area contributed by atoms with Gasteiger partial charge >= 0.3 is 0 Å². The molecule has 2 aromatic carbocycles. The molecule has 4 fully saturated rings. The van der Waals surface area contributed by atoms with Crippen LogP contribution in [0.2, 0.25) is 0 Å². The van der Waals surface area contributed by atoms with Crippen LogP contribution >= 0.6 is 24.8 Å². The van der Waals surface area contributed by atoms with E-state index in [9.17, 15) is 4.79 Å². The van der Waals surface area contributed by atoms with Crippen molar-refractivity contribution in [2.24, 2.45) is 23.7 Å². The summed E-state index contributed by atoms with van der Waals surface area (Å²) in [5.41, 5.74) is 6.45. The highest BCUT2D eigenvalue weighted by molar-refractivity contribution is 6.22. The lowest BCUT2D eigenvalue weighted by Gasteiger charge is -2.22. The van der Waals surface area contributed by atoms with E-state index in [1.807, 2.05) is 0 Å². The van der Waals surface area contributed by atoms with Gasteiger partial charge in [-0.3, -0.25) is 4.79 Å². The Labute approximate surface area is 214 Å². The Morgan fingerprint density at radius 1 is 0.559 bits per heavy atom. The van der Waals surface area contributed by atoms with E-state index in [1.54, 1.807) is 0 Å². The molecule has 0 amide bonds. The van der Waals surface area contributed by atoms with Crippen molar-refractivity contribution in [1.82, 2.24) is 9.80 Å². The summed E-state index contributed by atoms with van der Waals surface area (Å²) in [5, 5.41) is 0. The third-order valence-electron chi connectivity index (χ3n) is 8.85. The molecular formula is C27H34Cl2N4O. The molecule has 0 spiro atoms. The van der Waals surface area contributed by atoms with Crippen LogP contribution in [-0.2, 0) is 0 Å². The van der Waals surface area contributed by atoms with Crippen LogP contribution in [0.1, 0.15) is 15.9 Å². The first kappa shape index (κ1) is 23.9. The van der Waals surface area contributed by atoms with Gasteiger partial charge in [0.05, 0.1) is 0 Å². The Hall–Kier alpha value is -1.79. The summed E-state index contributed by atoms with van der Waals surface area (Å²) in [6.45, 7) is 9.28. The van der Waals surface area contributed by atoms with E-state index in [4.69, 9.17) is 0 Å². The second-order valence-corrected chi connectivity index (χ2v) is 11.1. The molecule has 4 heterocycles. The highest BCUT2D eigenvalue weighted by Gasteiger charge is 2.40. The van der Waals surface area contributed by atoms with E-state index >= 15 is 0 Å². The molecule has 34 heavy (non-hydrogen) atoms. The van der Waals surface area contributed by atoms with Crippen molar-refractivity contribution in [2.45, 2.75) is 0 Å². The van der Waals surface area contributed by atoms with E-state index in [0.29, 0.717) is 0 Å². The number of hydrogen-bond donors (Lipinski definition) is 0. The summed E-state index contributed by atoms with van der Waals surface area (Å²) in [6.07, 6.45) is 0. The smallest absolute Gasteiger partial charge is 0.194 e. The summed E-state index contributed by atoms with van der Waals surface area (Å²) in [7, 11) is 4.46. The molecule has 4 unspecified atom stereocenters. The Bertz CT molecular complexity index is 1010. The molecule has 2 aromatic rings. The summed E-state index contributed by atoms with van der Waals surface area (Å²) in [6, 6.07) is 13.2. The number of nitrogens with zero attached hydrogens (tertiary/aromatic N) is 4. The molecule has 0 aromatic heterocycles. The van der Waals surface area contributed by atoms with E-state index in [1.165, 1.54) is 37.6 Å². The van der Waals surface area contributed by atoms with Gasteiger partial charge in [-0.1, -0.05) is 12.1 Å². The average molecular weight is 502 g/mol. The second kappa shape index (κ2) is 8.70. The molecule has 1 aliphatic carbocycles. The fraction of sp³-hybridized carbons (Fsp3) is 0.519. The summed E-state index contributed by atoms with van der Waals surface area (Å²) in [4.78, 5) is 23.4. The van der Waals surface area contributed by atoms with Crippen molar-refractivity contribution >= 4 is 42.0 Å². The van der Waals surface area contributed by atoms with Gasteiger partial charge in [0.2, 0.25) is 0 Å². The molecule has 182 valence electrons. The fourth-order valence-electron chi connectivity index (χ4n) is 7.33. The summed E-state index contributed by atoms with van der Waals surface area (Å²) < 4.78 is 0. The highest BCUT2D eigenvalue weighted by Crippen LogP contribution is 2.42. The van der Waals surface area contributed by atoms with Gasteiger partial charge in [0, 0.05) is 74.9 Å². The number of rotatable bonds is 2. The normalized spacial score (nSPS) is 29.5. The van der Waals surface area contributed by atoms with Crippen LogP contribution in [0.4, 0.5) is 11.4 Å². The average Bonchev–Trinajstić information content (AvgIpc) is 3.54. The number of hydrogen-bond acceptors (Lipinski definition) is 5. The lowest BCUT2D eigenvalue weighted by molar-refractivity contribution is 0.104. The second-order valence-electron chi connectivity index (χ2n) is 11.1. The minimum atomic E-state index is 0. The Morgan fingerprint density at radius 3 is 1.26 bits per heavy atom. The van der Waals surface area contributed by atoms with E-state index < -0.39 is 0 Å². The van der Waals surface area contributed by atoms with Crippen LogP contribution in [0.25, 0.3) is 11.1 Å². The zero-order valence-electron chi connectivity index (χ0n) is 19.9. The number of halogens is 2. The first-order valence-corrected chi connectivity index (χ1v) is 12.2. The third-order valence-corrected chi connectivity index (χ3v) is 8.85. The Morgan fingerprint density at radius 2 is 0.912 bits per heavy atom. The fourth-order valence-corrected chi connectivity index (χ4v) is 7.33. The standard InChI is InChI=1S/C27H32N4O.2ClH/c1-28-9-17-13-30(14-18(17)10-28)21-3-5-23-24-6-4-22(8-26(24)27(32)25(23)7-21)31-15-19-11-29(2)12-20(19)16-31;;/h3-8,17-20H,9-16H2,1-2H3;2*1H. The van der Waals surface area contributed by atoms with Gasteiger partial charge in [-0.2, -0.15) is 0 Å². The van der Waals surface area contributed by atoms with Crippen molar-refractivity contribution in [3.8, 4) is 11.1 Å². The topological polar surface area (TPSA) is 30.0 Å². The molecule has 0 N–H and O–H groups in total. The predicted molar refractivity (Wildman–Crippen MR) is 143 cm³/mol. The number of anilines is 2. The zero-order valence-corrected chi connectivity index (χ0v) is 21.6. The minimum absolute atomic E-state index is 0. The minimum Gasteiger partial charge on any atom is -0.371 e. The lowest BCUT2D eigenvalue weighted by atomic mass is 10.0. The van der Waals surface area contributed by atoms with Crippen LogP contribution in [0, 0.1) is 23.7 Å². The van der Waals surface area contributed by atoms with Crippen LogP contribution < -0.4 is 9.80 Å². The van der Waals surface area contributed by atoms with Crippen molar-refractivity contribution in [3.05, 3.63) is 47.5 Å². The van der Waals surface area contributed by atoms with Crippen molar-refractivity contribution < 1.29 is 4.79 Å². The SMILES string of the molecule is CN1CC2CN(c3ccc4c(c3)C(=O)c3cc(N5CC6CN(C)CC6C5)ccc3-4)CC2C1.Cl.Cl. The van der Waals surface area contributed by atoms with E-state index in [2.05, 4.69) is 70.1 Å². The van der Waals surface area contributed by atoms with Gasteiger partial charge in [-0.05, 0) is 73.2 Å². The third kappa shape index (κ3) is 3.63. The van der Waals surface area contributed by atoms with Gasteiger partial charge < -0.3 is 19.6 Å². The van der Waals surface area contributed by atoms with Crippen molar-refractivity contribution in [2.75, 3.05) is 76.3 Å². The first-order chi connectivity index (χ1) is 15.5. The molecule has 7 rings (SSSR count). The number of ketones is 1. The van der Waals surface area contributed by atoms with E-state index in [-0.39, 0.29) is 30.6 Å². The molecule has 4 saturated heterocycles. The molecule has 0 radical (unpaired) electrons. The van der Waals surface area contributed by atoms with E-state index in [0.717, 1.165) is 72.1 Å². The molecule has 7 heteroatoms. The van der Waals surface area contributed by atoms with Crippen LogP contribution in [0.5, 0.6) is 0 Å². The van der Waals surface area contributed by atoms with Crippen molar-refractivity contribution in [1.29, 1.82) is 0 Å². The van der Waals surface area contributed by atoms with Crippen LogP contribution in [-0.4, -0.2) is 82.0 Å². The van der Waals surface area contributed by atoms with Crippen LogP contribution in [0.3, 0.4) is 0 Å². The van der Waals surface area contributed by atoms with Gasteiger partial charge in [-0.15, -0.1) is 24.8 Å². The Balaban J connectivity index is 0.00000120. The van der Waals surface area contributed by atoms with Gasteiger partial charge in [-0.25, -0.2) is 0 Å². The Kier molecular flexibility index (Phi) is 6.12. The maximum absolute atomic E-state index is 13.4. The number of carbonyl (C=O) groups excluding carboxylic acids is 1. The molecule has 5 nitrogen and oxygen atoms in total. The summed E-state index contributed by atoms with van der Waals surface area (Å²) in [5.74, 6) is 3.27. The molecule has 5 aliphatic rings. The lowest BCUT2D eigenvalue weighted by Crippen LogP contribution is -2.26. The highest BCUT2D eigenvalue weighted by atomic mass is 35.5. The quantitative estimate of drug-likeness (QED) is 0.534. The maximum Gasteiger partial charge on any atom is 0.194 e. The zero-order chi connectivity index (χ0) is 21.6. The number of benzene rings is 2. The predicted octanol–water partition coefficient (Wildman–Crippen LogP) is 3.74. The maximum atomic E-state index is 13.4. The molecule has 0 bridgehead atoms.